The van der Waals surface area contributed by atoms with Crippen molar-refractivity contribution in [2.45, 2.75) is 90.6 Å². The second-order valence-electron chi connectivity index (χ2n) is 8.36. The first kappa shape index (κ1) is 26.1. The van der Waals surface area contributed by atoms with Crippen LogP contribution < -0.4 is 0 Å². The van der Waals surface area contributed by atoms with E-state index in [0.717, 1.165) is 24.8 Å². The molecule has 4 nitrogen and oxygen atoms in total. The Morgan fingerprint density at radius 2 is 1.21 bits per heavy atom. The molecule has 4 heteroatoms. The summed E-state index contributed by atoms with van der Waals surface area (Å²) in [7, 11) is 0. The first-order valence-electron chi connectivity index (χ1n) is 11.7. The lowest BCUT2D eigenvalue weighted by Crippen LogP contribution is -2.41. The van der Waals surface area contributed by atoms with Gasteiger partial charge in [0.15, 0.2) is 0 Å². The number of aliphatic hydroxyl groups excluding tert-OH is 3. The second-order valence-corrected chi connectivity index (χ2v) is 8.36. The summed E-state index contributed by atoms with van der Waals surface area (Å²) in [5.74, 6) is 0. The summed E-state index contributed by atoms with van der Waals surface area (Å²) >= 11 is 0. The van der Waals surface area contributed by atoms with Gasteiger partial charge in [0.2, 0.25) is 0 Å². The lowest BCUT2D eigenvalue weighted by molar-refractivity contribution is -0.117. The van der Waals surface area contributed by atoms with Crippen LogP contribution in [0, 0.1) is 5.41 Å². The number of hydrogen-bond donors (Lipinski definition) is 3. The molecule has 1 unspecified atom stereocenters. The molecule has 1 aromatic rings. The van der Waals surface area contributed by atoms with Gasteiger partial charge in [0.1, 0.15) is 0 Å². The lowest BCUT2D eigenvalue weighted by Gasteiger charge is -2.36. The molecule has 1 atom stereocenters. The third-order valence-corrected chi connectivity index (χ3v) is 5.97. The van der Waals surface area contributed by atoms with Gasteiger partial charge in [-0.3, -0.25) is 0 Å². The van der Waals surface area contributed by atoms with Gasteiger partial charge in [-0.15, -0.1) is 0 Å². The molecule has 0 amide bonds. The number of rotatable bonds is 18. The van der Waals surface area contributed by atoms with Crippen molar-refractivity contribution >= 4 is 0 Å². The maximum Gasteiger partial charge on any atom is 0.0947 e. The van der Waals surface area contributed by atoms with Crippen LogP contribution in [0.25, 0.3) is 0 Å². The van der Waals surface area contributed by atoms with Crippen molar-refractivity contribution in [3.05, 3.63) is 35.4 Å². The van der Waals surface area contributed by atoms with Crippen molar-refractivity contribution in [2.24, 2.45) is 5.41 Å². The number of hydrogen-bond acceptors (Lipinski definition) is 4. The van der Waals surface area contributed by atoms with Crippen molar-refractivity contribution < 1.29 is 20.1 Å². The van der Waals surface area contributed by atoms with Crippen LogP contribution in [0.15, 0.2) is 24.3 Å². The highest BCUT2D eigenvalue weighted by Crippen LogP contribution is 2.37. The van der Waals surface area contributed by atoms with E-state index < -0.39 is 11.5 Å². The van der Waals surface area contributed by atoms with Gasteiger partial charge in [0.05, 0.1) is 31.3 Å². The molecule has 0 aliphatic heterocycles. The average Bonchev–Trinajstić information content (AvgIpc) is 2.77. The third-order valence-electron chi connectivity index (χ3n) is 5.97. The molecule has 0 fully saturated rings. The number of unbranched alkanes of at least 4 members (excludes halogenated alkanes) is 9. The van der Waals surface area contributed by atoms with Gasteiger partial charge < -0.3 is 20.1 Å². The van der Waals surface area contributed by atoms with Crippen LogP contribution in [-0.4, -0.2) is 41.7 Å². The van der Waals surface area contributed by atoms with Gasteiger partial charge in [-0.2, -0.15) is 0 Å². The highest BCUT2D eigenvalue weighted by Gasteiger charge is 2.39. The van der Waals surface area contributed by atoms with E-state index in [2.05, 4.69) is 13.8 Å². The Kier molecular flexibility index (Phi) is 14.3. The summed E-state index contributed by atoms with van der Waals surface area (Å²) in [4.78, 5) is 0. The Hall–Kier alpha value is -0.940. The maximum atomic E-state index is 9.89. The van der Waals surface area contributed by atoms with Gasteiger partial charge in [-0.05, 0) is 24.0 Å². The SMILES string of the molecule is CCCCCCCCCCCCOC(c1ccc(CC)cc1)C(CO)(CO)CO. The van der Waals surface area contributed by atoms with Crippen LogP contribution in [0.4, 0.5) is 0 Å². The van der Waals surface area contributed by atoms with Crippen LogP contribution in [0.5, 0.6) is 0 Å². The molecule has 1 rings (SSSR count). The maximum absolute atomic E-state index is 9.89. The molecule has 0 spiro atoms. The second kappa shape index (κ2) is 15.8. The van der Waals surface area contributed by atoms with Gasteiger partial charge >= 0.3 is 0 Å². The number of aryl methyl sites for hydroxylation is 1. The number of aliphatic hydroxyl groups is 3. The van der Waals surface area contributed by atoms with E-state index in [1.807, 2.05) is 24.3 Å². The zero-order chi connectivity index (χ0) is 21.4. The van der Waals surface area contributed by atoms with Crippen LogP contribution in [0.3, 0.4) is 0 Å². The predicted octanol–water partition coefficient (Wildman–Crippen LogP) is 5.19. The molecule has 0 bridgehead atoms. The monoisotopic (exact) mass is 408 g/mol. The van der Waals surface area contributed by atoms with Crippen LogP contribution in [0.2, 0.25) is 0 Å². The standard InChI is InChI=1S/C25H44O4/c1-3-5-6-7-8-9-10-11-12-13-18-29-24(25(19-26,20-27)21-28)23-16-14-22(4-2)15-17-23/h14-17,24,26-28H,3-13,18-21H2,1-2H3. The summed E-state index contributed by atoms with van der Waals surface area (Å²) in [5, 5.41) is 29.7. The van der Waals surface area contributed by atoms with Crippen LogP contribution in [-0.2, 0) is 11.2 Å². The fourth-order valence-corrected chi connectivity index (χ4v) is 3.74. The molecule has 0 aliphatic rings. The Bertz CT molecular complexity index is 488. The molecule has 0 radical (unpaired) electrons. The van der Waals surface area contributed by atoms with Gasteiger partial charge in [0, 0.05) is 6.61 Å². The van der Waals surface area contributed by atoms with Gasteiger partial charge in [0.25, 0.3) is 0 Å². The van der Waals surface area contributed by atoms with E-state index in [1.165, 1.54) is 56.9 Å². The molecule has 3 N–H and O–H groups in total. The van der Waals surface area contributed by atoms with E-state index in [-0.39, 0.29) is 19.8 Å². The molecule has 0 saturated heterocycles. The molecule has 29 heavy (non-hydrogen) atoms. The highest BCUT2D eigenvalue weighted by molar-refractivity contribution is 5.26. The Morgan fingerprint density at radius 3 is 1.66 bits per heavy atom. The van der Waals surface area contributed by atoms with Crippen molar-refractivity contribution in [3.63, 3.8) is 0 Å². The molecular weight excluding hydrogens is 364 g/mol. The molecule has 0 heterocycles. The largest absolute Gasteiger partial charge is 0.395 e. The summed E-state index contributed by atoms with van der Waals surface area (Å²) < 4.78 is 6.13. The number of ether oxygens (including phenoxy) is 1. The Balaban J connectivity index is 2.46. The molecular formula is C25H44O4. The quantitative estimate of drug-likeness (QED) is 0.292. The summed E-state index contributed by atoms with van der Waals surface area (Å²) in [6.07, 6.45) is 13.1. The van der Waals surface area contributed by atoms with Gasteiger partial charge in [-0.1, -0.05) is 95.9 Å². The summed E-state index contributed by atoms with van der Waals surface area (Å²) in [6, 6.07) is 8.06. The lowest BCUT2D eigenvalue weighted by atomic mass is 9.80. The molecule has 168 valence electrons. The van der Waals surface area contributed by atoms with E-state index in [4.69, 9.17) is 4.74 Å². The van der Waals surface area contributed by atoms with Crippen molar-refractivity contribution in [1.29, 1.82) is 0 Å². The van der Waals surface area contributed by atoms with E-state index in [1.54, 1.807) is 0 Å². The zero-order valence-electron chi connectivity index (χ0n) is 18.7. The van der Waals surface area contributed by atoms with Crippen molar-refractivity contribution in [3.8, 4) is 0 Å². The summed E-state index contributed by atoms with van der Waals surface area (Å²) in [5.41, 5.74) is 1.04. The minimum atomic E-state index is -1.08. The molecule has 0 aromatic heterocycles. The predicted molar refractivity (Wildman–Crippen MR) is 120 cm³/mol. The smallest absolute Gasteiger partial charge is 0.0947 e. The first-order valence-corrected chi connectivity index (χ1v) is 11.7. The number of benzene rings is 1. The molecule has 0 aliphatic carbocycles. The third kappa shape index (κ3) is 9.17. The van der Waals surface area contributed by atoms with E-state index in [0.29, 0.717) is 6.61 Å². The Morgan fingerprint density at radius 1 is 0.724 bits per heavy atom. The average molecular weight is 409 g/mol. The van der Waals surface area contributed by atoms with E-state index in [9.17, 15) is 15.3 Å². The molecule has 1 aromatic carbocycles. The van der Waals surface area contributed by atoms with Crippen molar-refractivity contribution in [2.75, 3.05) is 26.4 Å². The molecule has 0 saturated carbocycles. The fraction of sp³-hybridized carbons (Fsp3) is 0.760. The van der Waals surface area contributed by atoms with Crippen LogP contribution in [0.1, 0.15) is 95.3 Å². The van der Waals surface area contributed by atoms with Crippen molar-refractivity contribution in [1.82, 2.24) is 0 Å². The van der Waals surface area contributed by atoms with Crippen LogP contribution >= 0.6 is 0 Å². The normalized spacial score (nSPS) is 13.0. The topological polar surface area (TPSA) is 69.9 Å². The van der Waals surface area contributed by atoms with Gasteiger partial charge in [-0.25, -0.2) is 0 Å². The zero-order valence-corrected chi connectivity index (χ0v) is 18.7. The minimum Gasteiger partial charge on any atom is -0.395 e. The van der Waals surface area contributed by atoms with E-state index >= 15 is 0 Å². The Labute approximate surface area is 178 Å². The highest BCUT2D eigenvalue weighted by atomic mass is 16.5. The first-order chi connectivity index (χ1) is 14.2. The fourth-order valence-electron chi connectivity index (χ4n) is 3.74. The summed E-state index contributed by atoms with van der Waals surface area (Å²) in [6.45, 7) is 3.96. The minimum absolute atomic E-state index is 0.321.